The molecular weight excluding hydrogens is 727 g/mol. The van der Waals surface area contributed by atoms with Crippen LogP contribution in [0.2, 0.25) is 0 Å². The van der Waals surface area contributed by atoms with Crippen LogP contribution < -0.4 is 4.90 Å². The monoisotopic (exact) mass is 765 g/mol. The molecule has 1 heterocycles. The van der Waals surface area contributed by atoms with Crippen molar-refractivity contribution in [2.24, 2.45) is 0 Å². The predicted molar refractivity (Wildman–Crippen MR) is 253 cm³/mol. The minimum Gasteiger partial charge on any atom is -0.455 e. The number of fused-ring (bicyclic) bond motifs is 4. The summed E-state index contributed by atoms with van der Waals surface area (Å²) in [4.78, 5) is 2.38. The highest BCUT2D eigenvalue weighted by atomic mass is 16.3. The van der Waals surface area contributed by atoms with Gasteiger partial charge in [0.1, 0.15) is 11.2 Å². The van der Waals surface area contributed by atoms with Gasteiger partial charge in [-0.25, -0.2) is 0 Å². The Kier molecular flexibility index (Phi) is 8.87. The van der Waals surface area contributed by atoms with Gasteiger partial charge in [0.05, 0.1) is 11.1 Å². The van der Waals surface area contributed by atoms with Crippen molar-refractivity contribution < 1.29 is 4.42 Å². The molecule has 60 heavy (non-hydrogen) atoms. The predicted octanol–water partition coefficient (Wildman–Crippen LogP) is 16.5. The Morgan fingerprint density at radius 1 is 0.300 bits per heavy atom. The Balaban J connectivity index is 1.06. The molecule has 11 aromatic rings. The van der Waals surface area contributed by atoms with Gasteiger partial charge in [0.2, 0.25) is 0 Å². The van der Waals surface area contributed by atoms with E-state index in [4.69, 9.17) is 4.42 Å². The first-order chi connectivity index (χ1) is 29.8. The molecule has 10 aromatic carbocycles. The minimum atomic E-state index is 0.867. The van der Waals surface area contributed by atoms with Gasteiger partial charge in [0, 0.05) is 22.3 Å². The molecule has 0 atom stereocenters. The van der Waals surface area contributed by atoms with Gasteiger partial charge in [-0.05, 0) is 109 Å². The number of benzene rings is 10. The van der Waals surface area contributed by atoms with E-state index < -0.39 is 0 Å². The Labute approximate surface area is 349 Å². The van der Waals surface area contributed by atoms with Crippen molar-refractivity contribution in [3.63, 3.8) is 0 Å². The second-order valence-electron chi connectivity index (χ2n) is 15.2. The standard InChI is InChI=1S/C58H39NO/c1-3-15-40(16-4-1)45-21-13-22-46(39-45)52-25-10-9-24-50(52)43-29-33-47(34-30-43)59(48-35-31-44(32-36-48)51-27-14-20-41-19-7-8-23-49(41)51)55-38-37-53(42-17-5-2-6-18-42)58-57(55)54-26-11-12-28-56(54)60-58/h1-39H. The third-order valence-corrected chi connectivity index (χ3v) is 11.7. The number of nitrogens with zero attached hydrogens (tertiary/aromatic N) is 1. The number of rotatable bonds is 8. The summed E-state index contributed by atoms with van der Waals surface area (Å²) in [6, 6.07) is 84.7. The lowest BCUT2D eigenvalue weighted by molar-refractivity contribution is 0.670. The molecule has 0 fully saturated rings. The van der Waals surface area contributed by atoms with Gasteiger partial charge >= 0.3 is 0 Å². The molecule has 0 saturated heterocycles. The average Bonchev–Trinajstić information content (AvgIpc) is 3.73. The Bertz CT molecular complexity index is 3290. The fourth-order valence-electron chi connectivity index (χ4n) is 8.81. The fraction of sp³-hybridized carbons (Fsp3) is 0. The molecule has 0 aliphatic rings. The third kappa shape index (κ3) is 6.32. The Hall–Kier alpha value is -7.94. The first-order valence-corrected chi connectivity index (χ1v) is 20.5. The maximum absolute atomic E-state index is 6.76. The highest BCUT2D eigenvalue weighted by Crippen LogP contribution is 2.47. The fourth-order valence-corrected chi connectivity index (χ4v) is 8.81. The van der Waals surface area contributed by atoms with E-state index in [9.17, 15) is 0 Å². The van der Waals surface area contributed by atoms with E-state index in [0.29, 0.717) is 0 Å². The van der Waals surface area contributed by atoms with Crippen LogP contribution in [0.25, 0.3) is 88.3 Å². The van der Waals surface area contributed by atoms with Crippen LogP contribution in [0.15, 0.2) is 241 Å². The van der Waals surface area contributed by atoms with Crippen molar-refractivity contribution >= 4 is 49.8 Å². The maximum atomic E-state index is 6.76. The van der Waals surface area contributed by atoms with Crippen LogP contribution in [0.3, 0.4) is 0 Å². The molecule has 0 unspecified atom stereocenters. The van der Waals surface area contributed by atoms with Crippen LogP contribution in [0.4, 0.5) is 17.1 Å². The summed E-state index contributed by atoms with van der Waals surface area (Å²) < 4.78 is 6.76. The van der Waals surface area contributed by atoms with Gasteiger partial charge in [-0.2, -0.15) is 0 Å². The summed E-state index contributed by atoms with van der Waals surface area (Å²) in [5.74, 6) is 0. The van der Waals surface area contributed by atoms with E-state index in [1.54, 1.807) is 0 Å². The topological polar surface area (TPSA) is 16.4 Å². The molecular formula is C58H39NO. The summed E-state index contributed by atoms with van der Waals surface area (Å²) >= 11 is 0. The quantitative estimate of drug-likeness (QED) is 0.153. The largest absolute Gasteiger partial charge is 0.455 e. The number of furan rings is 1. The zero-order valence-electron chi connectivity index (χ0n) is 32.9. The molecule has 282 valence electrons. The summed E-state index contributed by atoms with van der Waals surface area (Å²) in [5, 5.41) is 4.65. The zero-order chi connectivity index (χ0) is 39.8. The minimum absolute atomic E-state index is 0.867. The summed E-state index contributed by atoms with van der Waals surface area (Å²) in [6.07, 6.45) is 0. The van der Waals surface area contributed by atoms with Gasteiger partial charge < -0.3 is 9.32 Å². The van der Waals surface area contributed by atoms with Crippen LogP contribution in [0, 0.1) is 0 Å². The third-order valence-electron chi connectivity index (χ3n) is 11.7. The molecule has 11 rings (SSSR count). The van der Waals surface area contributed by atoms with Gasteiger partial charge in [0.15, 0.2) is 0 Å². The van der Waals surface area contributed by atoms with E-state index in [1.807, 2.05) is 6.07 Å². The second kappa shape index (κ2) is 15.1. The Morgan fingerprint density at radius 3 is 1.53 bits per heavy atom. The van der Waals surface area contributed by atoms with Crippen LogP contribution >= 0.6 is 0 Å². The van der Waals surface area contributed by atoms with Crippen molar-refractivity contribution in [3.05, 3.63) is 237 Å². The number of hydrogen-bond acceptors (Lipinski definition) is 2. The van der Waals surface area contributed by atoms with Gasteiger partial charge in [-0.3, -0.25) is 0 Å². The number of anilines is 3. The van der Waals surface area contributed by atoms with Gasteiger partial charge in [0.25, 0.3) is 0 Å². The molecule has 0 aliphatic heterocycles. The average molecular weight is 766 g/mol. The molecule has 0 amide bonds. The summed E-state index contributed by atoms with van der Waals surface area (Å²) in [7, 11) is 0. The van der Waals surface area contributed by atoms with Crippen LogP contribution in [0.5, 0.6) is 0 Å². The molecule has 0 N–H and O–H groups in total. The van der Waals surface area contributed by atoms with Crippen molar-refractivity contribution in [2.45, 2.75) is 0 Å². The van der Waals surface area contributed by atoms with Crippen LogP contribution in [-0.4, -0.2) is 0 Å². The number of hydrogen-bond donors (Lipinski definition) is 0. The van der Waals surface area contributed by atoms with Gasteiger partial charge in [-0.1, -0.05) is 188 Å². The first kappa shape index (κ1) is 35.2. The van der Waals surface area contributed by atoms with Crippen molar-refractivity contribution in [2.75, 3.05) is 4.90 Å². The maximum Gasteiger partial charge on any atom is 0.145 e. The van der Waals surface area contributed by atoms with Crippen molar-refractivity contribution in [3.8, 4) is 55.6 Å². The highest BCUT2D eigenvalue weighted by molar-refractivity contribution is 6.17. The lowest BCUT2D eigenvalue weighted by Gasteiger charge is -2.27. The van der Waals surface area contributed by atoms with E-state index in [1.165, 1.54) is 49.7 Å². The smallest absolute Gasteiger partial charge is 0.145 e. The molecule has 0 bridgehead atoms. The zero-order valence-corrected chi connectivity index (χ0v) is 32.9. The molecule has 2 heteroatoms. The molecule has 2 nitrogen and oxygen atoms in total. The highest BCUT2D eigenvalue weighted by Gasteiger charge is 2.22. The summed E-state index contributed by atoms with van der Waals surface area (Å²) in [6.45, 7) is 0. The molecule has 0 aliphatic carbocycles. The first-order valence-electron chi connectivity index (χ1n) is 20.5. The molecule has 0 saturated carbocycles. The van der Waals surface area contributed by atoms with Gasteiger partial charge in [-0.15, -0.1) is 0 Å². The molecule has 0 spiro atoms. The Morgan fingerprint density at radius 2 is 0.800 bits per heavy atom. The normalized spacial score (nSPS) is 11.3. The van der Waals surface area contributed by atoms with Crippen molar-refractivity contribution in [1.82, 2.24) is 0 Å². The summed E-state index contributed by atoms with van der Waals surface area (Å²) in [5.41, 5.74) is 16.7. The van der Waals surface area contributed by atoms with E-state index in [0.717, 1.165) is 55.7 Å². The number of para-hydroxylation sites is 1. The lowest BCUT2D eigenvalue weighted by Crippen LogP contribution is -2.10. The van der Waals surface area contributed by atoms with E-state index >= 15 is 0 Å². The SMILES string of the molecule is c1ccc(-c2cccc(-c3ccccc3-c3ccc(N(c4ccc(-c5cccc6ccccc56)cc4)c4ccc(-c5ccccc5)c5oc6ccccc6c45)cc3)c2)cc1. The van der Waals surface area contributed by atoms with Crippen LogP contribution in [0.1, 0.15) is 0 Å². The van der Waals surface area contributed by atoms with Crippen molar-refractivity contribution in [1.29, 1.82) is 0 Å². The van der Waals surface area contributed by atoms with E-state index in [-0.39, 0.29) is 0 Å². The second-order valence-corrected chi connectivity index (χ2v) is 15.2. The molecule has 0 radical (unpaired) electrons. The van der Waals surface area contributed by atoms with E-state index in [2.05, 4.69) is 235 Å². The van der Waals surface area contributed by atoms with Crippen LogP contribution in [-0.2, 0) is 0 Å². The lowest BCUT2D eigenvalue weighted by atomic mass is 9.92. The molecule has 1 aromatic heterocycles.